The number of rotatable bonds is 4. The van der Waals surface area contributed by atoms with E-state index in [9.17, 15) is 4.79 Å². The predicted octanol–water partition coefficient (Wildman–Crippen LogP) is 1.91. The van der Waals surface area contributed by atoms with Crippen LogP contribution in [0.3, 0.4) is 0 Å². The Hall–Kier alpha value is -2.63. The Labute approximate surface area is 142 Å². The lowest BCUT2D eigenvalue weighted by atomic mass is 9.96. The molecule has 1 aliphatic rings. The minimum Gasteiger partial charge on any atom is -0.378 e. The molecule has 0 unspecified atom stereocenters. The van der Waals surface area contributed by atoms with Gasteiger partial charge in [-0.15, -0.1) is 0 Å². The van der Waals surface area contributed by atoms with E-state index < -0.39 is 0 Å². The summed E-state index contributed by atoms with van der Waals surface area (Å²) in [5, 5.41) is 0. The predicted molar refractivity (Wildman–Crippen MR) is 95.9 cm³/mol. The normalized spacial score (nSPS) is 15.3. The lowest BCUT2D eigenvalue weighted by Crippen LogP contribution is -2.39. The third-order valence-corrected chi connectivity index (χ3v) is 4.50. The topological polar surface area (TPSA) is 75.3 Å². The van der Waals surface area contributed by atoms with E-state index in [0.29, 0.717) is 5.95 Å². The van der Waals surface area contributed by atoms with Crippen LogP contribution < -0.4 is 15.5 Å². The summed E-state index contributed by atoms with van der Waals surface area (Å²) in [6.07, 6.45) is 3.32. The molecule has 126 valence electrons. The summed E-state index contributed by atoms with van der Waals surface area (Å²) in [6.45, 7) is 1.52. The Bertz CT molecular complexity index is 706. The van der Waals surface area contributed by atoms with E-state index in [1.54, 1.807) is 6.20 Å². The summed E-state index contributed by atoms with van der Waals surface area (Å²) in [5.74, 6) is 0.486. The number of amides is 1. The first-order valence-electron chi connectivity index (χ1n) is 8.19. The fourth-order valence-corrected chi connectivity index (χ4v) is 2.96. The van der Waals surface area contributed by atoms with Gasteiger partial charge in [0.25, 0.3) is 0 Å². The number of aromatic nitrogens is 2. The molecule has 6 nitrogen and oxygen atoms in total. The van der Waals surface area contributed by atoms with Crippen LogP contribution in [0.15, 0.2) is 36.5 Å². The highest BCUT2D eigenvalue weighted by atomic mass is 16.1. The number of primary amides is 1. The summed E-state index contributed by atoms with van der Waals surface area (Å²) in [4.78, 5) is 24.6. The molecule has 3 rings (SSSR count). The molecule has 2 aromatic rings. The maximum Gasteiger partial charge on any atom is 0.225 e. The lowest BCUT2D eigenvalue weighted by molar-refractivity contribution is -0.122. The minimum absolute atomic E-state index is 0.0250. The number of carbonyl (C=O) groups is 1. The summed E-state index contributed by atoms with van der Waals surface area (Å²) in [7, 11) is 4.04. The van der Waals surface area contributed by atoms with Crippen molar-refractivity contribution in [3.05, 3.63) is 36.5 Å². The van der Waals surface area contributed by atoms with Crippen molar-refractivity contribution >= 4 is 17.5 Å². The van der Waals surface area contributed by atoms with Crippen LogP contribution in [0.5, 0.6) is 0 Å². The molecule has 1 amide bonds. The van der Waals surface area contributed by atoms with Crippen molar-refractivity contribution in [1.29, 1.82) is 0 Å². The highest BCUT2D eigenvalue weighted by Gasteiger charge is 2.24. The van der Waals surface area contributed by atoms with Gasteiger partial charge in [0.2, 0.25) is 11.9 Å². The van der Waals surface area contributed by atoms with Gasteiger partial charge in [-0.1, -0.05) is 12.1 Å². The van der Waals surface area contributed by atoms with Gasteiger partial charge >= 0.3 is 0 Å². The first kappa shape index (κ1) is 16.2. The molecule has 0 bridgehead atoms. The monoisotopic (exact) mass is 325 g/mol. The van der Waals surface area contributed by atoms with E-state index in [1.165, 1.54) is 0 Å². The molecule has 0 saturated carbocycles. The third-order valence-electron chi connectivity index (χ3n) is 4.50. The van der Waals surface area contributed by atoms with Crippen molar-refractivity contribution in [2.75, 3.05) is 37.0 Å². The van der Waals surface area contributed by atoms with Crippen molar-refractivity contribution in [2.24, 2.45) is 11.7 Å². The summed E-state index contributed by atoms with van der Waals surface area (Å²) < 4.78 is 0. The number of nitrogens with two attached hydrogens (primary N) is 1. The number of carbonyl (C=O) groups excluding carboxylic acids is 1. The summed E-state index contributed by atoms with van der Waals surface area (Å²) in [6, 6.07) is 10.2. The van der Waals surface area contributed by atoms with Crippen LogP contribution in [0.2, 0.25) is 0 Å². The Morgan fingerprint density at radius 3 is 2.42 bits per heavy atom. The van der Waals surface area contributed by atoms with Crippen molar-refractivity contribution in [2.45, 2.75) is 12.8 Å². The van der Waals surface area contributed by atoms with Crippen LogP contribution in [0.1, 0.15) is 12.8 Å². The van der Waals surface area contributed by atoms with Gasteiger partial charge in [-0.25, -0.2) is 9.97 Å². The van der Waals surface area contributed by atoms with E-state index in [4.69, 9.17) is 10.7 Å². The highest BCUT2D eigenvalue weighted by molar-refractivity contribution is 5.77. The SMILES string of the molecule is CN(C)c1ccc(-c2ccnc(N3CCC(C(N)=O)CC3)n2)cc1. The molecule has 1 aromatic heterocycles. The van der Waals surface area contributed by atoms with E-state index in [0.717, 1.165) is 42.9 Å². The first-order chi connectivity index (χ1) is 11.5. The molecule has 2 heterocycles. The molecule has 1 fully saturated rings. The molecule has 1 saturated heterocycles. The number of nitrogens with zero attached hydrogens (tertiary/aromatic N) is 4. The van der Waals surface area contributed by atoms with E-state index in [1.807, 2.05) is 20.2 Å². The fourth-order valence-electron chi connectivity index (χ4n) is 2.96. The molecule has 0 aliphatic carbocycles. The van der Waals surface area contributed by atoms with Crippen molar-refractivity contribution in [1.82, 2.24) is 9.97 Å². The second-order valence-electron chi connectivity index (χ2n) is 6.35. The number of hydrogen-bond donors (Lipinski definition) is 1. The fraction of sp³-hybridized carbons (Fsp3) is 0.389. The standard InChI is InChI=1S/C18H23N5O/c1-22(2)15-5-3-13(4-6-15)16-7-10-20-18(21-16)23-11-8-14(9-12-23)17(19)24/h3-7,10,14H,8-9,11-12H2,1-2H3,(H2,19,24). The Morgan fingerprint density at radius 1 is 1.17 bits per heavy atom. The van der Waals surface area contributed by atoms with Crippen LogP contribution in [0.4, 0.5) is 11.6 Å². The Kier molecular flexibility index (Phi) is 4.64. The largest absolute Gasteiger partial charge is 0.378 e. The molecule has 1 aromatic carbocycles. The quantitative estimate of drug-likeness (QED) is 0.929. The number of piperidine rings is 1. The van der Waals surface area contributed by atoms with Crippen LogP contribution in [-0.2, 0) is 4.79 Å². The molecule has 24 heavy (non-hydrogen) atoms. The smallest absolute Gasteiger partial charge is 0.225 e. The lowest BCUT2D eigenvalue weighted by Gasteiger charge is -2.30. The number of anilines is 2. The van der Waals surface area contributed by atoms with Crippen LogP contribution in [0, 0.1) is 5.92 Å². The van der Waals surface area contributed by atoms with Crippen molar-refractivity contribution in [3.8, 4) is 11.3 Å². The summed E-state index contributed by atoms with van der Waals surface area (Å²) >= 11 is 0. The zero-order valence-corrected chi connectivity index (χ0v) is 14.1. The van der Waals surface area contributed by atoms with Crippen LogP contribution in [-0.4, -0.2) is 43.1 Å². The molecule has 2 N–H and O–H groups in total. The second-order valence-corrected chi connectivity index (χ2v) is 6.35. The molecular weight excluding hydrogens is 302 g/mol. The van der Waals surface area contributed by atoms with Crippen LogP contribution in [0.25, 0.3) is 11.3 Å². The summed E-state index contributed by atoms with van der Waals surface area (Å²) in [5.41, 5.74) is 8.52. The van der Waals surface area contributed by atoms with Gasteiger partial charge in [0.15, 0.2) is 0 Å². The van der Waals surface area contributed by atoms with Crippen molar-refractivity contribution in [3.63, 3.8) is 0 Å². The molecule has 1 aliphatic heterocycles. The highest BCUT2D eigenvalue weighted by Crippen LogP contribution is 2.24. The average Bonchev–Trinajstić information content (AvgIpc) is 2.62. The first-order valence-corrected chi connectivity index (χ1v) is 8.19. The van der Waals surface area contributed by atoms with Crippen LogP contribution >= 0.6 is 0 Å². The second kappa shape index (κ2) is 6.86. The number of benzene rings is 1. The van der Waals surface area contributed by atoms with Crippen molar-refractivity contribution < 1.29 is 4.79 Å². The maximum atomic E-state index is 11.3. The molecule has 6 heteroatoms. The van der Waals surface area contributed by atoms with E-state index in [-0.39, 0.29) is 11.8 Å². The van der Waals surface area contributed by atoms with Gasteiger partial charge in [-0.3, -0.25) is 4.79 Å². The van der Waals surface area contributed by atoms with Gasteiger partial charge in [0, 0.05) is 50.6 Å². The van der Waals surface area contributed by atoms with Gasteiger partial charge in [-0.05, 0) is 31.0 Å². The minimum atomic E-state index is -0.203. The third kappa shape index (κ3) is 3.48. The zero-order valence-electron chi connectivity index (χ0n) is 14.1. The molecule has 0 radical (unpaired) electrons. The van der Waals surface area contributed by atoms with Gasteiger partial charge in [-0.2, -0.15) is 0 Å². The van der Waals surface area contributed by atoms with E-state index in [2.05, 4.69) is 39.0 Å². The van der Waals surface area contributed by atoms with Gasteiger partial charge in [0.1, 0.15) is 0 Å². The Balaban J connectivity index is 1.76. The zero-order chi connectivity index (χ0) is 17.1. The number of hydrogen-bond acceptors (Lipinski definition) is 5. The van der Waals surface area contributed by atoms with Gasteiger partial charge in [0.05, 0.1) is 5.69 Å². The Morgan fingerprint density at radius 2 is 1.83 bits per heavy atom. The van der Waals surface area contributed by atoms with Gasteiger partial charge < -0.3 is 15.5 Å². The average molecular weight is 325 g/mol. The molecule has 0 spiro atoms. The maximum absolute atomic E-state index is 11.3. The van der Waals surface area contributed by atoms with E-state index >= 15 is 0 Å². The molecular formula is C18H23N5O. The molecule has 0 atom stereocenters.